The summed E-state index contributed by atoms with van der Waals surface area (Å²) < 4.78 is 11.7. The lowest BCUT2D eigenvalue weighted by Crippen LogP contribution is -2.24. The van der Waals surface area contributed by atoms with Gasteiger partial charge in [0.15, 0.2) is 0 Å². The van der Waals surface area contributed by atoms with Gasteiger partial charge in [-0.1, -0.05) is 35.9 Å². The van der Waals surface area contributed by atoms with Gasteiger partial charge in [-0.3, -0.25) is 9.78 Å². The molecular weight excluding hydrogens is 466 g/mol. The number of nitrogens with one attached hydrogen (secondary N) is 3. The normalized spacial score (nSPS) is 17.3. The molecule has 0 radical (unpaired) electrons. The van der Waals surface area contributed by atoms with Gasteiger partial charge in [0, 0.05) is 36.7 Å². The summed E-state index contributed by atoms with van der Waals surface area (Å²) in [7, 11) is 0. The number of carbonyl (C=O) groups is 1. The van der Waals surface area contributed by atoms with E-state index in [1.54, 1.807) is 12.3 Å². The Bertz CT molecular complexity index is 1320. The predicted molar refractivity (Wildman–Crippen MR) is 144 cm³/mol. The van der Waals surface area contributed by atoms with Crippen molar-refractivity contribution in [3.05, 3.63) is 71.4 Å². The summed E-state index contributed by atoms with van der Waals surface area (Å²) in [6, 6.07) is 16.1. The Morgan fingerprint density at radius 2 is 2.08 bits per heavy atom. The molecule has 3 N–H and O–H groups in total. The molecule has 2 saturated heterocycles. The summed E-state index contributed by atoms with van der Waals surface area (Å²) in [6.45, 7) is 3.57. The summed E-state index contributed by atoms with van der Waals surface area (Å²) in [4.78, 5) is 17.5. The monoisotopic (exact) mass is 497 g/mol. The van der Waals surface area contributed by atoms with Crippen LogP contribution in [0.5, 0.6) is 5.75 Å². The molecule has 1 atom stereocenters. The van der Waals surface area contributed by atoms with E-state index in [0.717, 1.165) is 49.7 Å². The van der Waals surface area contributed by atoms with Gasteiger partial charge in [-0.15, -0.1) is 0 Å². The number of benzene rings is 2. The average molecular weight is 498 g/mol. The zero-order valence-electron chi connectivity index (χ0n) is 20.8. The molecule has 2 aliphatic rings. The second kappa shape index (κ2) is 11.9. The van der Waals surface area contributed by atoms with Gasteiger partial charge >= 0.3 is 0 Å². The number of rotatable bonds is 8. The van der Waals surface area contributed by atoms with Crippen molar-refractivity contribution in [1.82, 2.24) is 10.3 Å². The molecule has 3 aromatic rings. The van der Waals surface area contributed by atoms with Gasteiger partial charge in [0.05, 0.1) is 35.7 Å². The van der Waals surface area contributed by atoms with Crippen LogP contribution in [0.1, 0.15) is 30.4 Å². The molecule has 190 valence electrons. The molecule has 0 saturated carbocycles. The van der Waals surface area contributed by atoms with E-state index in [1.807, 2.05) is 30.3 Å². The van der Waals surface area contributed by atoms with Crippen LogP contribution in [-0.2, 0) is 16.0 Å². The highest BCUT2D eigenvalue weighted by atomic mass is 16.5. The molecule has 0 bridgehead atoms. The summed E-state index contributed by atoms with van der Waals surface area (Å²) in [5.74, 6) is 0.360. The fourth-order valence-corrected chi connectivity index (χ4v) is 4.70. The number of anilines is 2. The van der Waals surface area contributed by atoms with E-state index >= 15 is 0 Å². The SMILES string of the molecule is N#Cc1cnc2cc(O[C@@H]3CCOC3)c(NC(=O)C=C3CCNCC3)cc2c1NCCc1ccccc1. The Morgan fingerprint density at radius 1 is 1.24 bits per heavy atom. The lowest BCUT2D eigenvalue weighted by atomic mass is 10.0. The average Bonchev–Trinajstić information content (AvgIpc) is 3.43. The Morgan fingerprint density at radius 3 is 2.84 bits per heavy atom. The van der Waals surface area contributed by atoms with E-state index in [0.29, 0.717) is 48.0 Å². The maximum Gasteiger partial charge on any atom is 0.248 e. The molecule has 1 aromatic heterocycles. The zero-order valence-corrected chi connectivity index (χ0v) is 20.8. The standard InChI is InChI=1S/C29H31N5O3/c30-17-22-18-33-25-16-27(37-23-9-13-36-19-23)26(34-28(35)14-21-6-10-31-11-7-21)15-24(25)29(22)32-12-8-20-4-2-1-3-5-20/h1-5,14-16,18,23,31H,6-13,19H2,(H,32,33)(H,34,35)/t23-/m1/s1. The first-order chi connectivity index (χ1) is 18.2. The minimum absolute atomic E-state index is 0.0854. The first-order valence-electron chi connectivity index (χ1n) is 12.8. The van der Waals surface area contributed by atoms with Gasteiger partial charge in [0.25, 0.3) is 0 Å². The van der Waals surface area contributed by atoms with Gasteiger partial charge in [-0.05, 0) is 44.0 Å². The van der Waals surface area contributed by atoms with Crippen LogP contribution < -0.4 is 20.7 Å². The third kappa shape index (κ3) is 6.26. The van der Waals surface area contributed by atoms with Gasteiger partial charge in [-0.2, -0.15) is 5.26 Å². The summed E-state index contributed by atoms with van der Waals surface area (Å²) in [5.41, 5.74) is 4.72. The number of aromatic nitrogens is 1. The van der Waals surface area contributed by atoms with E-state index in [-0.39, 0.29) is 12.0 Å². The van der Waals surface area contributed by atoms with Crippen LogP contribution in [-0.4, -0.2) is 49.8 Å². The first kappa shape index (κ1) is 24.8. The van der Waals surface area contributed by atoms with Gasteiger partial charge in [0.1, 0.15) is 17.9 Å². The van der Waals surface area contributed by atoms with Crippen LogP contribution in [0.2, 0.25) is 0 Å². The van der Waals surface area contributed by atoms with Crippen molar-refractivity contribution < 1.29 is 14.3 Å². The van der Waals surface area contributed by atoms with Crippen LogP contribution in [0.3, 0.4) is 0 Å². The molecule has 0 aliphatic carbocycles. The number of fused-ring (bicyclic) bond motifs is 1. The predicted octanol–water partition coefficient (Wildman–Crippen LogP) is 4.18. The second-order valence-electron chi connectivity index (χ2n) is 9.33. The third-order valence-electron chi connectivity index (χ3n) is 6.67. The molecule has 8 heteroatoms. The summed E-state index contributed by atoms with van der Waals surface area (Å²) >= 11 is 0. The van der Waals surface area contributed by atoms with Crippen molar-refractivity contribution in [2.75, 3.05) is 43.5 Å². The summed E-state index contributed by atoms with van der Waals surface area (Å²) in [6.07, 6.45) is 6.50. The smallest absolute Gasteiger partial charge is 0.248 e. The van der Waals surface area contributed by atoms with Crippen molar-refractivity contribution in [1.29, 1.82) is 5.26 Å². The van der Waals surface area contributed by atoms with Crippen LogP contribution in [0, 0.1) is 11.3 Å². The van der Waals surface area contributed by atoms with E-state index in [1.165, 1.54) is 5.56 Å². The van der Waals surface area contributed by atoms with Gasteiger partial charge < -0.3 is 25.4 Å². The first-order valence-corrected chi connectivity index (χ1v) is 12.8. The maximum absolute atomic E-state index is 13.0. The van der Waals surface area contributed by atoms with Crippen molar-refractivity contribution in [3.8, 4) is 11.8 Å². The highest BCUT2D eigenvalue weighted by molar-refractivity contribution is 6.04. The van der Waals surface area contributed by atoms with Crippen LogP contribution >= 0.6 is 0 Å². The Kier molecular flexibility index (Phi) is 7.94. The fourth-order valence-electron chi connectivity index (χ4n) is 4.70. The number of hydrogen-bond acceptors (Lipinski definition) is 7. The molecule has 2 aromatic carbocycles. The number of pyridine rings is 1. The Balaban J connectivity index is 1.46. The van der Waals surface area contributed by atoms with Crippen molar-refractivity contribution in [2.24, 2.45) is 0 Å². The molecule has 1 amide bonds. The Hall–Kier alpha value is -3.93. The number of amides is 1. The van der Waals surface area contributed by atoms with E-state index < -0.39 is 0 Å². The molecule has 0 unspecified atom stereocenters. The number of carbonyl (C=O) groups excluding carboxylic acids is 1. The molecule has 2 aliphatic heterocycles. The zero-order chi connectivity index (χ0) is 25.5. The van der Waals surface area contributed by atoms with Gasteiger partial charge in [0.2, 0.25) is 5.91 Å². The number of ether oxygens (including phenoxy) is 2. The van der Waals surface area contributed by atoms with Crippen molar-refractivity contribution >= 4 is 28.2 Å². The number of nitrogens with zero attached hydrogens (tertiary/aromatic N) is 2. The van der Waals surface area contributed by atoms with Crippen LogP contribution in [0.25, 0.3) is 10.9 Å². The lowest BCUT2D eigenvalue weighted by Gasteiger charge is -2.19. The fraction of sp³-hybridized carbons (Fsp3) is 0.345. The minimum Gasteiger partial charge on any atom is -0.486 e. The Labute approximate surface area is 216 Å². The highest BCUT2D eigenvalue weighted by Gasteiger charge is 2.21. The van der Waals surface area contributed by atoms with Gasteiger partial charge in [-0.25, -0.2) is 0 Å². The molecule has 5 rings (SSSR count). The van der Waals surface area contributed by atoms with Crippen LogP contribution in [0.15, 0.2) is 60.3 Å². The van der Waals surface area contributed by atoms with Crippen molar-refractivity contribution in [3.63, 3.8) is 0 Å². The second-order valence-corrected chi connectivity index (χ2v) is 9.33. The topological polar surface area (TPSA) is 108 Å². The molecule has 37 heavy (non-hydrogen) atoms. The largest absolute Gasteiger partial charge is 0.486 e. The third-order valence-corrected chi connectivity index (χ3v) is 6.67. The maximum atomic E-state index is 13.0. The number of piperidine rings is 1. The highest BCUT2D eigenvalue weighted by Crippen LogP contribution is 2.36. The number of nitriles is 1. The van der Waals surface area contributed by atoms with E-state index in [4.69, 9.17) is 9.47 Å². The molecular formula is C29H31N5O3. The lowest BCUT2D eigenvalue weighted by molar-refractivity contribution is -0.112. The van der Waals surface area contributed by atoms with E-state index in [9.17, 15) is 10.1 Å². The molecule has 0 spiro atoms. The van der Waals surface area contributed by atoms with Crippen molar-refractivity contribution in [2.45, 2.75) is 31.8 Å². The molecule has 2 fully saturated rings. The molecule has 3 heterocycles. The molecule has 8 nitrogen and oxygen atoms in total. The summed E-state index contributed by atoms with van der Waals surface area (Å²) in [5, 5.41) is 20.3. The number of hydrogen-bond donors (Lipinski definition) is 3. The quantitative estimate of drug-likeness (QED) is 0.401. The minimum atomic E-state index is -0.188. The van der Waals surface area contributed by atoms with E-state index in [2.05, 4.69) is 39.1 Å². The van der Waals surface area contributed by atoms with Crippen LogP contribution in [0.4, 0.5) is 11.4 Å².